The van der Waals surface area contributed by atoms with Crippen molar-refractivity contribution in [3.8, 4) is 0 Å². The predicted octanol–water partition coefficient (Wildman–Crippen LogP) is 2.09. The predicted molar refractivity (Wildman–Crippen MR) is 66.8 cm³/mol. The summed E-state index contributed by atoms with van der Waals surface area (Å²) in [6.45, 7) is 3.46. The van der Waals surface area contributed by atoms with Gasteiger partial charge in [-0.2, -0.15) is 0 Å². The third-order valence-corrected chi connectivity index (χ3v) is 4.16. The molecule has 3 nitrogen and oxygen atoms in total. The summed E-state index contributed by atoms with van der Waals surface area (Å²) >= 11 is 7.41. The van der Waals surface area contributed by atoms with Crippen LogP contribution in [0.4, 0.5) is 0 Å². The fraction of sp³-hybridized carbons (Fsp3) is 0.727. The van der Waals surface area contributed by atoms with E-state index in [9.17, 15) is 0 Å². The van der Waals surface area contributed by atoms with E-state index in [1.54, 1.807) is 11.3 Å². The first-order valence-electron chi connectivity index (χ1n) is 5.64. The Labute approximate surface area is 105 Å². The highest BCUT2D eigenvalue weighted by Gasteiger charge is 2.22. The number of alkyl halides is 1. The summed E-state index contributed by atoms with van der Waals surface area (Å²) in [6, 6.07) is 0. The van der Waals surface area contributed by atoms with Crippen molar-refractivity contribution in [2.45, 2.75) is 25.3 Å². The van der Waals surface area contributed by atoms with Gasteiger partial charge >= 0.3 is 0 Å². The van der Waals surface area contributed by atoms with Gasteiger partial charge in [-0.1, -0.05) is 0 Å². The fourth-order valence-electron chi connectivity index (χ4n) is 2.15. The molecule has 1 atom stereocenters. The van der Waals surface area contributed by atoms with E-state index in [1.165, 1.54) is 6.42 Å². The average Bonchev–Trinajstić information content (AvgIpc) is 2.89. The van der Waals surface area contributed by atoms with Crippen molar-refractivity contribution in [2.24, 2.45) is 5.92 Å². The maximum Gasteiger partial charge on any atom is 0.107 e. The topological polar surface area (TPSA) is 36.4 Å². The molecule has 90 valence electrons. The number of aliphatic hydroxyl groups excluding tert-OH is 1. The molecule has 0 radical (unpaired) electrons. The maximum absolute atomic E-state index is 8.89. The van der Waals surface area contributed by atoms with Crippen molar-refractivity contribution in [3.63, 3.8) is 0 Å². The lowest BCUT2D eigenvalue weighted by molar-refractivity contribution is 0.249. The lowest BCUT2D eigenvalue weighted by Crippen LogP contribution is -2.20. The minimum Gasteiger partial charge on any atom is -0.396 e. The van der Waals surface area contributed by atoms with Gasteiger partial charge in [0.1, 0.15) is 5.01 Å². The molecule has 2 rings (SSSR count). The highest BCUT2D eigenvalue weighted by atomic mass is 35.5. The zero-order valence-corrected chi connectivity index (χ0v) is 10.8. The zero-order chi connectivity index (χ0) is 11.4. The second-order valence-electron chi connectivity index (χ2n) is 4.27. The quantitative estimate of drug-likeness (QED) is 0.824. The van der Waals surface area contributed by atoms with Gasteiger partial charge in [0, 0.05) is 18.5 Å². The Bertz CT molecular complexity index is 332. The fourth-order valence-corrected chi connectivity index (χ4v) is 3.21. The number of hydrogen-bond donors (Lipinski definition) is 1. The molecule has 1 saturated heterocycles. The Morgan fingerprint density at radius 3 is 3.19 bits per heavy atom. The average molecular weight is 261 g/mol. The number of rotatable bonds is 5. The molecule has 1 fully saturated rings. The van der Waals surface area contributed by atoms with Crippen LogP contribution in [0.15, 0.2) is 5.38 Å². The third kappa shape index (κ3) is 3.17. The van der Waals surface area contributed by atoms with Crippen LogP contribution in [0.2, 0.25) is 0 Å². The molecule has 1 aliphatic heterocycles. The Morgan fingerprint density at radius 2 is 2.50 bits per heavy atom. The number of halogens is 1. The van der Waals surface area contributed by atoms with Crippen LogP contribution >= 0.6 is 22.9 Å². The smallest absolute Gasteiger partial charge is 0.107 e. The molecule has 1 N–H and O–H groups in total. The lowest BCUT2D eigenvalue weighted by atomic mass is 10.1. The molecule has 1 unspecified atom stereocenters. The van der Waals surface area contributed by atoms with Crippen LogP contribution in [0.3, 0.4) is 0 Å². The van der Waals surface area contributed by atoms with Crippen LogP contribution in [0.1, 0.15) is 23.5 Å². The maximum atomic E-state index is 8.89. The first-order valence-corrected chi connectivity index (χ1v) is 7.05. The van der Waals surface area contributed by atoms with Crippen LogP contribution < -0.4 is 0 Å². The van der Waals surface area contributed by atoms with E-state index >= 15 is 0 Å². The number of aromatic nitrogens is 1. The summed E-state index contributed by atoms with van der Waals surface area (Å²) in [5.41, 5.74) is 0.979. The second kappa shape index (κ2) is 5.96. The van der Waals surface area contributed by atoms with Gasteiger partial charge < -0.3 is 5.11 Å². The van der Waals surface area contributed by atoms with Gasteiger partial charge in [0.15, 0.2) is 0 Å². The largest absolute Gasteiger partial charge is 0.396 e. The van der Waals surface area contributed by atoms with Crippen LogP contribution in [0, 0.1) is 5.92 Å². The second-order valence-corrected chi connectivity index (χ2v) is 5.48. The van der Waals surface area contributed by atoms with E-state index in [-0.39, 0.29) is 0 Å². The van der Waals surface area contributed by atoms with E-state index in [1.807, 2.05) is 5.38 Å². The van der Waals surface area contributed by atoms with Gasteiger partial charge in [0.25, 0.3) is 0 Å². The minimum atomic E-state index is 0.312. The standard InChI is InChI=1S/C11H17ClN2OS/c12-5-10-8-16-11(13-10)7-14-3-1-9(6-14)2-4-15/h8-9,15H,1-7H2. The number of thiazole rings is 1. The third-order valence-electron chi connectivity index (χ3n) is 3.00. The molecule has 1 aliphatic rings. The summed E-state index contributed by atoms with van der Waals surface area (Å²) in [6.07, 6.45) is 2.13. The Kier molecular flexibility index (Phi) is 4.58. The molecule has 0 saturated carbocycles. The zero-order valence-electron chi connectivity index (χ0n) is 9.23. The number of nitrogens with zero attached hydrogens (tertiary/aromatic N) is 2. The van der Waals surface area contributed by atoms with E-state index in [2.05, 4.69) is 9.88 Å². The van der Waals surface area contributed by atoms with Crippen molar-refractivity contribution in [1.29, 1.82) is 0 Å². The van der Waals surface area contributed by atoms with Crippen molar-refractivity contribution < 1.29 is 5.11 Å². The molecule has 1 aromatic rings. The van der Waals surface area contributed by atoms with Gasteiger partial charge in [-0.3, -0.25) is 4.90 Å². The number of likely N-dealkylation sites (tertiary alicyclic amines) is 1. The van der Waals surface area contributed by atoms with Crippen LogP contribution in [0.5, 0.6) is 0 Å². The monoisotopic (exact) mass is 260 g/mol. The van der Waals surface area contributed by atoms with E-state index < -0.39 is 0 Å². The molecule has 2 heterocycles. The van der Waals surface area contributed by atoms with Crippen LogP contribution in [-0.4, -0.2) is 34.7 Å². The van der Waals surface area contributed by atoms with Crippen molar-refractivity contribution in [1.82, 2.24) is 9.88 Å². The summed E-state index contributed by atoms with van der Waals surface area (Å²) < 4.78 is 0. The Morgan fingerprint density at radius 1 is 1.62 bits per heavy atom. The Hall–Kier alpha value is -0.160. The van der Waals surface area contributed by atoms with Gasteiger partial charge in [-0.15, -0.1) is 22.9 Å². The van der Waals surface area contributed by atoms with E-state index in [0.29, 0.717) is 18.4 Å². The van der Waals surface area contributed by atoms with E-state index in [0.717, 1.165) is 36.8 Å². The molecule has 0 bridgehead atoms. The molecule has 0 aliphatic carbocycles. The van der Waals surface area contributed by atoms with Gasteiger partial charge in [0.2, 0.25) is 0 Å². The molecular weight excluding hydrogens is 244 g/mol. The summed E-state index contributed by atoms with van der Waals surface area (Å²) in [4.78, 5) is 6.87. The summed E-state index contributed by atoms with van der Waals surface area (Å²) in [5.74, 6) is 1.17. The Balaban J connectivity index is 1.82. The highest BCUT2D eigenvalue weighted by Crippen LogP contribution is 2.22. The van der Waals surface area contributed by atoms with Gasteiger partial charge in [0.05, 0.1) is 18.1 Å². The molecular formula is C11H17ClN2OS. The van der Waals surface area contributed by atoms with Crippen LogP contribution in [-0.2, 0) is 12.4 Å². The van der Waals surface area contributed by atoms with E-state index in [4.69, 9.17) is 16.7 Å². The summed E-state index contributed by atoms with van der Waals surface area (Å²) in [7, 11) is 0. The molecule has 5 heteroatoms. The van der Waals surface area contributed by atoms with Crippen molar-refractivity contribution in [3.05, 3.63) is 16.1 Å². The van der Waals surface area contributed by atoms with Gasteiger partial charge in [-0.05, 0) is 25.3 Å². The number of hydrogen-bond acceptors (Lipinski definition) is 4. The highest BCUT2D eigenvalue weighted by molar-refractivity contribution is 7.09. The normalized spacial score (nSPS) is 21.8. The molecule has 0 aromatic carbocycles. The molecule has 0 amide bonds. The molecule has 16 heavy (non-hydrogen) atoms. The first-order chi connectivity index (χ1) is 7.81. The SMILES string of the molecule is OCCC1CCN(Cc2nc(CCl)cs2)C1. The van der Waals surface area contributed by atoms with Crippen molar-refractivity contribution >= 4 is 22.9 Å². The molecule has 0 spiro atoms. The van der Waals surface area contributed by atoms with Crippen molar-refractivity contribution in [2.75, 3.05) is 19.7 Å². The van der Waals surface area contributed by atoms with Crippen LogP contribution in [0.25, 0.3) is 0 Å². The lowest BCUT2D eigenvalue weighted by Gasteiger charge is -2.13. The minimum absolute atomic E-state index is 0.312. The first kappa shape index (κ1) is 12.3. The molecule has 1 aromatic heterocycles. The van der Waals surface area contributed by atoms with Gasteiger partial charge in [-0.25, -0.2) is 4.98 Å². The summed E-state index contributed by atoms with van der Waals surface area (Å²) in [5, 5.41) is 12.1. The number of aliphatic hydroxyl groups is 1.